The summed E-state index contributed by atoms with van der Waals surface area (Å²) >= 11 is 11.5. The van der Waals surface area contributed by atoms with Gasteiger partial charge in [0.1, 0.15) is 18.7 Å². The minimum atomic E-state index is -3.92. The summed E-state index contributed by atoms with van der Waals surface area (Å²) in [4.78, 5) is 71.4. The lowest BCUT2D eigenvalue weighted by Crippen LogP contribution is -2.43. The monoisotopic (exact) mass is 1000 g/mol. The summed E-state index contributed by atoms with van der Waals surface area (Å²) in [6, 6.07) is 16.7. The predicted octanol–water partition coefficient (Wildman–Crippen LogP) is 5.37. The molecule has 2 N–H and O–H groups in total. The van der Waals surface area contributed by atoms with E-state index in [0.717, 1.165) is 5.56 Å². The molecule has 7 aromatic rings. The summed E-state index contributed by atoms with van der Waals surface area (Å²) in [7, 11) is 0. The molecule has 2 saturated heterocycles. The van der Waals surface area contributed by atoms with Crippen molar-refractivity contribution in [2.45, 2.75) is 56.7 Å². The zero-order valence-corrected chi connectivity index (χ0v) is 39.0. The Hall–Kier alpha value is -5.74. The molecular weight excluding hydrogens is 963 g/mol. The van der Waals surface area contributed by atoms with Crippen molar-refractivity contribution in [1.82, 2.24) is 43.0 Å². The normalized spacial score (nSPS) is 26.5. The van der Waals surface area contributed by atoms with E-state index in [-0.39, 0.29) is 85.6 Å². The smallest absolute Gasteiger partial charge is 0.327 e. The van der Waals surface area contributed by atoms with Crippen molar-refractivity contribution in [2.75, 3.05) is 31.7 Å². The number of amides is 1. The highest BCUT2D eigenvalue weighted by molar-refractivity contribution is 8.07. The van der Waals surface area contributed by atoms with E-state index in [4.69, 9.17) is 56.0 Å². The third kappa shape index (κ3) is 9.25. The first kappa shape index (κ1) is 46.0. The Morgan fingerprint density at radius 1 is 0.956 bits per heavy atom. The van der Waals surface area contributed by atoms with Crippen LogP contribution in [0.4, 0.5) is 11.5 Å². The molecule has 0 radical (unpaired) electrons. The van der Waals surface area contributed by atoms with Crippen molar-refractivity contribution in [3.05, 3.63) is 118 Å². The Kier molecular flexibility index (Phi) is 12.8. The lowest BCUT2D eigenvalue weighted by Gasteiger charge is -2.45. The quantitative estimate of drug-likeness (QED) is 0.0713. The highest BCUT2D eigenvalue weighted by atomic mass is 32.5. The number of hydrogen-bond donors (Lipinski definition) is 2. The van der Waals surface area contributed by atoms with Gasteiger partial charge in [0, 0.05) is 55.0 Å². The maximum absolute atomic E-state index is 13.8. The standard InChI is InChI=1S/C41H40N12O11P2S2/c42-12-4-16-59-66(68)62-19-27-17-30(51-23-46-35-38(51)48-41-49(14-15-50(41)40(35)55)13-11-25-7-9-28(10-8-25)53(56)57)29(27)20-60-65(58,67)61-21-32-31(64-66)18-33(63-32)52-24-45-34-36(43-22-44-37(34)52)47-39(54)26-5-2-1-3-6-26/h1-3,5-10,14-15,22-24,27,29-33H,4,11,13,16-21H2,(H,58,67)(H,43,44,47,54)/t27-,29-,30-,31+,32-,33-,65?,66?/m1/s1. The molecule has 8 atom stereocenters. The number of nitrogens with one attached hydrogen (secondary N) is 1. The second kappa shape index (κ2) is 19.0. The Balaban J connectivity index is 0.884. The number of imidazole rings is 3. The molecule has 27 heteroatoms. The molecule has 3 aliphatic rings. The molecule has 10 rings (SSSR count). The van der Waals surface area contributed by atoms with E-state index in [0.29, 0.717) is 47.5 Å². The van der Waals surface area contributed by atoms with Gasteiger partial charge in [-0.15, -0.1) is 0 Å². The summed E-state index contributed by atoms with van der Waals surface area (Å²) in [5, 5.41) is 23.3. The van der Waals surface area contributed by atoms with E-state index in [9.17, 15) is 29.9 Å². The van der Waals surface area contributed by atoms with E-state index in [2.05, 4.69) is 31.3 Å². The van der Waals surface area contributed by atoms with Crippen molar-refractivity contribution in [1.29, 1.82) is 5.26 Å². The molecule has 23 nitrogen and oxygen atoms in total. The largest absolute Gasteiger partial charge is 0.349 e. The molecular formula is C41H40N12O11P2S2. The number of ether oxygens (including phenoxy) is 1. The lowest BCUT2D eigenvalue weighted by atomic mass is 9.70. The van der Waals surface area contributed by atoms with Crippen LogP contribution in [0.5, 0.6) is 0 Å². The number of nitrogens with zero attached hydrogens (tertiary/aromatic N) is 11. The van der Waals surface area contributed by atoms with E-state index in [1.165, 1.54) is 29.2 Å². The fraction of sp³-hybridized carbons (Fsp3) is 0.366. The molecule has 0 bridgehead atoms. The van der Waals surface area contributed by atoms with Crippen molar-refractivity contribution in [3.8, 4) is 6.07 Å². The number of non-ortho nitro benzene ring substituents is 1. The van der Waals surface area contributed by atoms with Crippen LogP contribution in [0.3, 0.4) is 0 Å². The van der Waals surface area contributed by atoms with Crippen molar-refractivity contribution in [3.63, 3.8) is 0 Å². The Bertz CT molecular complexity index is 3250. The minimum absolute atomic E-state index is 0.00194. The molecule has 7 heterocycles. The first-order valence-corrected chi connectivity index (χ1v) is 26.4. The Morgan fingerprint density at radius 3 is 2.53 bits per heavy atom. The summed E-state index contributed by atoms with van der Waals surface area (Å²) in [5.41, 5.74) is 2.11. The fourth-order valence-electron chi connectivity index (χ4n) is 8.60. The third-order valence-electron chi connectivity index (χ3n) is 12.2. The molecule has 2 aromatic carbocycles. The van der Waals surface area contributed by atoms with Crippen LogP contribution in [0.25, 0.3) is 28.1 Å². The second-order valence-electron chi connectivity index (χ2n) is 16.2. The van der Waals surface area contributed by atoms with Crippen LogP contribution < -0.4 is 10.9 Å². The van der Waals surface area contributed by atoms with Crippen LogP contribution >= 0.6 is 13.4 Å². The highest BCUT2D eigenvalue weighted by Gasteiger charge is 2.47. The Morgan fingerprint density at radius 2 is 1.74 bits per heavy atom. The molecule has 2 unspecified atom stereocenters. The maximum Gasteiger partial charge on any atom is 0.327 e. The van der Waals surface area contributed by atoms with Gasteiger partial charge in [0.2, 0.25) is 5.78 Å². The SMILES string of the molecule is N#CCCOP1(=S)OC[C@H]2C[C@@H](n3cnc4c(=O)n5ccn(CCc6ccc([N+](=O)[O-])cc6)c5nc43)[C@@H]2COP(O)(=S)OC[C@H]2O[C@@H](n3cnc4c(NC(=O)c5ccccc5)ncnc43)C[C@@H]2O1. The zero-order chi connectivity index (χ0) is 47.2. The number of nitro groups is 1. The number of carbonyl (C=O) groups excluding carboxylic acids is 1. The summed E-state index contributed by atoms with van der Waals surface area (Å²) in [6.07, 6.45) is 6.44. The number of carbonyl (C=O) groups is 1. The van der Waals surface area contributed by atoms with Gasteiger partial charge in [-0.25, -0.2) is 24.3 Å². The van der Waals surface area contributed by atoms with Gasteiger partial charge in [0.25, 0.3) is 17.2 Å². The number of benzene rings is 2. The van der Waals surface area contributed by atoms with Crippen molar-refractivity contribution >= 4 is 82.6 Å². The van der Waals surface area contributed by atoms with Crippen LogP contribution in [-0.2, 0) is 63.9 Å². The number of aromatic nitrogens is 9. The minimum Gasteiger partial charge on any atom is -0.349 e. The first-order valence-electron chi connectivity index (χ1n) is 21.3. The molecule has 0 spiro atoms. The maximum atomic E-state index is 13.8. The molecule has 352 valence electrons. The van der Waals surface area contributed by atoms with E-state index < -0.39 is 36.8 Å². The average molecular weight is 1000 g/mol. The number of anilines is 1. The van der Waals surface area contributed by atoms with Crippen LogP contribution in [0.2, 0.25) is 0 Å². The number of fused-ring (bicyclic) bond motifs is 5. The van der Waals surface area contributed by atoms with Gasteiger partial charge < -0.3 is 46.7 Å². The predicted molar refractivity (Wildman–Crippen MR) is 248 cm³/mol. The summed E-state index contributed by atoms with van der Waals surface area (Å²) < 4.78 is 44.2. The molecule has 3 fully saturated rings. The van der Waals surface area contributed by atoms with E-state index in [1.807, 2.05) is 15.2 Å². The van der Waals surface area contributed by atoms with Crippen molar-refractivity contribution < 1.29 is 42.0 Å². The fourth-order valence-corrected chi connectivity index (χ4v) is 11.9. The Labute approximate surface area is 395 Å². The average Bonchev–Trinajstić information content (AvgIpc) is 4.14. The lowest BCUT2D eigenvalue weighted by molar-refractivity contribution is -0.384. The van der Waals surface area contributed by atoms with Gasteiger partial charge in [0.15, 0.2) is 28.1 Å². The first-order chi connectivity index (χ1) is 32.9. The van der Waals surface area contributed by atoms with Crippen LogP contribution in [0, 0.1) is 33.3 Å². The number of hydrogen-bond acceptors (Lipinski definition) is 18. The number of nitro benzene ring substituents is 1. The van der Waals surface area contributed by atoms with E-state index >= 15 is 0 Å². The number of aryl methyl sites for hydroxylation is 2. The van der Waals surface area contributed by atoms with Gasteiger partial charge in [0.05, 0.1) is 62.6 Å². The molecule has 1 saturated carbocycles. The molecule has 1 aliphatic carbocycles. The van der Waals surface area contributed by atoms with Gasteiger partial charge in [-0.1, -0.05) is 30.3 Å². The molecule has 5 aromatic heterocycles. The highest BCUT2D eigenvalue weighted by Crippen LogP contribution is 2.57. The zero-order valence-electron chi connectivity index (χ0n) is 35.6. The van der Waals surface area contributed by atoms with Crippen LogP contribution in [-0.4, -0.2) is 97.4 Å². The summed E-state index contributed by atoms with van der Waals surface area (Å²) in [6.45, 7) is -7.46. The van der Waals surface area contributed by atoms with Gasteiger partial charge >= 0.3 is 13.4 Å². The third-order valence-corrected chi connectivity index (χ3v) is 16.1. The van der Waals surface area contributed by atoms with Gasteiger partial charge in [-0.05, 0) is 60.1 Å². The van der Waals surface area contributed by atoms with Crippen molar-refractivity contribution in [2.24, 2.45) is 11.8 Å². The topological polar surface area (TPSA) is 272 Å². The van der Waals surface area contributed by atoms with E-state index in [1.54, 1.807) is 59.7 Å². The van der Waals surface area contributed by atoms with Gasteiger partial charge in [-0.2, -0.15) is 10.2 Å². The summed E-state index contributed by atoms with van der Waals surface area (Å²) in [5.74, 6) is -0.422. The van der Waals surface area contributed by atoms with Crippen LogP contribution in [0.15, 0.2) is 90.8 Å². The molecule has 68 heavy (non-hydrogen) atoms. The molecule has 1 amide bonds. The molecule has 2 aliphatic heterocycles. The number of rotatable bonds is 11. The number of nitriles is 1. The van der Waals surface area contributed by atoms with Gasteiger partial charge in [-0.3, -0.25) is 24.3 Å². The second-order valence-corrected chi connectivity index (χ2v) is 22.0. The van der Waals surface area contributed by atoms with Crippen LogP contribution in [0.1, 0.15) is 47.5 Å².